The molecule has 2 aromatic carbocycles. The first-order valence-corrected chi connectivity index (χ1v) is 25.9. The summed E-state index contributed by atoms with van der Waals surface area (Å²) in [5.74, 6) is -1.05. The Bertz CT molecular complexity index is 2530. The Morgan fingerprint density at radius 2 is 1.46 bits per heavy atom. The van der Waals surface area contributed by atoms with E-state index in [1.54, 1.807) is 30.4 Å². The van der Waals surface area contributed by atoms with Gasteiger partial charge in [0.15, 0.2) is 5.71 Å². The fraction of sp³-hybridized carbons (Fsp3) is 0.500. The van der Waals surface area contributed by atoms with Crippen molar-refractivity contribution in [2.75, 3.05) is 42.6 Å². The lowest BCUT2D eigenvalue weighted by molar-refractivity contribution is -0.437. The molecule has 21 heteroatoms. The minimum Gasteiger partial charge on any atom is -0.744 e. The van der Waals surface area contributed by atoms with E-state index in [2.05, 4.69) is 5.32 Å². The van der Waals surface area contributed by atoms with E-state index in [-0.39, 0.29) is 30.2 Å². The van der Waals surface area contributed by atoms with E-state index < -0.39 is 67.7 Å². The number of amides is 1. The second kappa shape index (κ2) is 20.1. The van der Waals surface area contributed by atoms with Gasteiger partial charge in [0.25, 0.3) is 30.4 Å². The summed E-state index contributed by atoms with van der Waals surface area (Å²) in [4.78, 5) is 13.6. The van der Waals surface area contributed by atoms with Gasteiger partial charge in [0, 0.05) is 60.4 Å². The summed E-state index contributed by atoms with van der Waals surface area (Å²) in [6.45, 7) is 7.14. The summed E-state index contributed by atoms with van der Waals surface area (Å²) in [5.41, 5.74) is 7.51. The van der Waals surface area contributed by atoms with Crippen molar-refractivity contribution in [1.82, 2.24) is 5.32 Å². The first kappa shape index (κ1) is 49.9. The molecule has 61 heavy (non-hydrogen) atoms. The lowest BCUT2D eigenvalue weighted by atomic mass is 9.77. The van der Waals surface area contributed by atoms with Crippen LogP contribution in [0.2, 0.25) is 0 Å². The van der Waals surface area contributed by atoms with Crippen LogP contribution in [0.25, 0.3) is 0 Å². The lowest BCUT2D eigenvalue weighted by Crippen LogP contribution is -2.29. The number of unbranched alkanes of at least 4 members (excludes halogenated alkanes) is 3. The number of carbonyl (C=O) groups is 1. The number of hydrogen-bond acceptors (Lipinski definition) is 12. The molecule has 1 unspecified atom stereocenters. The molecule has 1 atom stereocenters. The summed E-state index contributed by atoms with van der Waals surface area (Å²) in [5, 5.41) is 2.84. The van der Waals surface area contributed by atoms with Crippen molar-refractivity contribution in [2.24, 2.45) is 5.73 Å². The van der Waals surface area contributed by atoms with E-state index in [0.717, 1.165) is 5.70 Å². The normalized spacial score (nSPS) is 18.8. The summed E-state index contributed by atoms with van der Waals surface area (Å²) in [6.07, 6.45) is 12.6. The largest absolute Gasteiger partial charge is 0.744 e. The first-order valence-electron chi connectivity index (χ1n) is 19.9. The average molecular weight is 929 g/mol. The van der Waals surface area contributed by atoms with Crippen molar-refractivity contribution in [3.63, 3.8) is 0 Å². The van der Waals surface area contributed by atoms with Crippen molar-refractivity contribution in [3.8, 4) is 0 Å². The minimum atomic E-state index is -4.84. The third-order valence-corrected chi connectivity index (χ3v) is 14.3. The number of carbonyl (C=O) groups excluding carboxylic acids is 1. The summed E-state index contributed by atoms with van der Waals surface area (Å²) >= 11 is 0. The van der Waals surface area contributed by atoms with Gasteiger partial charge in [-0.15, -0.1) is 0 Å². The topological polar surface area (TPSA) is 282 Å². The highest BCUT2D eigenvalue weighted by atomic mass is 32.2. The van der Waals surface area contributed by atoms with Crippen molar-refractivity contribution in [2.45, 2.75) is 99.2 Å². The van der Waals surface area contributed by atoms with Crippen LogP contribution in [0, 0.1) is 0 Å². The van der Waals surface area contributed by atoms with E-state index in [9.17, 15) is 56.7 Å². The molecule has 2 aliphatic rings. The van der Waals surface area contributed by atoms with Gasteiger partial charge in [-0.1, -0.05) is 31.1 Å². The molecule has 1 amide bonds. The van der Waals surface area contributed by atoms with Gasteiger partial charge in [0.2, 0.25) is 11.6 Å². The molecule has 17 nitrogen and oxygen atoms in total. The van der Waals surface area contributed by atoms with E-state index >= 15 is 0 Å². The third-order valence-electron chi connectivity index (χ3n) is 11.0. The highest BCUT2D eigenvalue weighted by Gasteiger charge is 2.45. The number of allylic oxidation sites excluding steroid dienone is 6. The molecule has 0 aromatic heterocycles. The molecule has 0 saturated heterocycles. The first-order chi connectivity index (χ1) is 28.3. The van der Waals surface area contributed by atoms with Crippen LogP contribution in [0.5, 0.6) is 0 Å². The fourth-order valence-electron chi connectivity index (χ4n) is 7.92. The van der Waals surface area contributed by atoms with Crippen LogP contribution in [-0.2, 0) is 56.1 Å². The molecule has 4 rings (SSSR count). The number of hydrogen-bond donors (Lipinski definition) is 5. The van der Waals surface area contributed by atoms with Gasteiger partial charge >= 0.3 is 0 Å². The number of anilines is 1. The Labute approximate surface area is 359 Å². The third kappa shape index (κ3) is 13.4. The number of rotatable bonds is 23. The number of nitrogens with one attached hydrogen (secondary N) is 1. The van der Waals surface area contributed by atoms with Gasteiger partial charge in [-0.05, 0) is 101 Å². The number of nitrogens with two attached hydrogens (primary N) is 1. The maximum absolute atomic E-state index is 12.3. The van der Waals surface area contributed by atoms with Gasteiger partial charge < -0.3 is 20.5 Å². The van der Waals surface area contributed by atoms with Crippen LogP contribution < -0.4 is 16.0 Å². The van der Waals surface area contributed by atoms with Crippen molar-refractivity contribution in [3.05, 3.63) is 83.6 Å². The Kier molecular flexibility index (Phi) is 16.5. The maximum atomic E-state index is 12.3. The van der Waals surface area contributed by atoms with E-state index in [4.69, 9.17) is 5.73 Å². The second-order valence-corrected chi connectivity index (χ2v) is 21.9. The highest BCUT2D eigenvalue weighted by Crippen LogP contribution is 2.51. The smallest absolute Gasteiger partial charge is 0.294 e. The van der Waals surface area contributed by atoms with Gasteiger partial charge in [-0.25, -0.2) is 8.42 Å². The van der Waals surface area contributed by atoms with Crippen LogP contribution >= 0.6 is 0 Å². The summed E-state index contributed by atoms with van der Waals surface area (Å²) < 4.78 is 137. The molecular formula is C40H56N4O13S4. The second-order valence-electron chi connectivity index (χ2n) is 15.9. The molecular weight excluding hydrogens is 873 g/mol. The molecule has 6 N–H and O–H groups in total. The van der Waals surface area contributed by atoms with E-state index in [0.29, 0.717) is 92.8 Å². The molecule has 0 saturated carbocycles. The maximum Gasteiger partial charge on any atom is 0.294 e. The zero-order chi connectivity index (χ0) is 45.4. The minimum absolute atomic E-state index is 0.0459. The lowest BCUT2D eigenvalue weighted by Gasteiger charge is -2.30. The molecule has 0 radical (unpaired) electrons. The van der Waals surface area contributed by atoms with E-state index in [1.807, 2.05) is 36.3 Å². The number of fused-ring (bicyclic) bond motifs is 2. The predicted octanol–water partition coefficient (Wildman–Crippen LogP) is 4.35. The number of benzene rings is 2. The number of nitrogens with zero attached hydrogens (tertiary/aromatic N) is 2. The standard InChI is InChI=1S/C40H56N4O13S4/c1-39(2)32-28-30(60(52,53)54)17-19-34(32)43(25-13-27-59(49,50)51)36(39)14-6-4-7-15-37-40(3,21-9-11-26-58(46,47)48)33-29-31(61(55,56)57)18-20-35(33)44(37)24-10-5-8-16-38(45)42-23-12-22-41/h4,6-7,14-15,17-20,28-29H,5,8-13,16,21-27,41H2,1-3H3,(H4-,42,45,46,47,48,49,50,51,52,53,54,55,56,57). The fourth-order valence-corrected chi connectivity index (χ4v) is 9.99. The monoisotopic (exact) mass is 928 g/mol. The van der Waals surface area contributed by atoms with Gasteiger partial charge in [-0.2, -0.15) is 29.8 Å². The Balaban J connectivity index is 1.72. The van der Waals surface area contributed by atoms with Crippen LogP contribution in [0.3, 0.4) is 0 Å². The predicted molar refractivity (Wildman–Crippen MR) is 231 cm³/mol. The molecule has 2 aliphatic heterocycles. The molecule has 0 spiro atoms. The van der Waals surface area contributed by atoms with Gasteiger partial charge in [0.1, 0.15) is 16.7 Å². The van der Waals surface area contributed by atoms with Crippen LogP contribution in [0.4, 0.5) is 11.4 Å². The zero-order valence-corrected chi connectivity index (χ0v) is 37.8. The highest BCUT2D eigenvalue weighted by molar-refractivity contribution is 7.86. The molecule has 338 valence electrons. The average Bonchev–Trinajstić information content (AvgIpc) is 3.50. The molecule has 2 aromatic rings. The SMILES string of the molecule is CC1(C)C(/C=C/C=C/C=C2/N(CCCCCC(=O)NCCCN)c3ccc(S(=O)(=O)[O-])cc3C2(C)CCCCS(=O)(=O)O)=[N+](CCCS(=O)(=O)O)c2ccc(S(=O)(=O)O)cc21. The van der Waals surface area contributed by atoms with Crippen LogP contribution in [0.1, 0.15) is 89.7 Å². The summed E-state index contributed by atoms with van der Waals surface area (Å²) in [7, 11) is -17.9. The quantitative estimate of drug-likeness (QED) is 0.0448. The van der Waals surface area contributed by atoms with Crippen LogP contribution in [-0.4, -0.2) is 106 Å². The van der Waals surface area contributed by atoms with Crippen molar-refractivity contribution >= 4 is 63.5 Å². The van der Waals surface area contributed by atoms with E-state index in [1.165, 1.54) is 30.3 Å². The molecule has 0 bridgehead atoms. The molecule has 0 fully saturated rings. The van der Waals surface area contributed by atoms with Crippen LogP contribution in [0.15, 0.2) is 82.3 Å². The molecule has 0 aliphatic carbocycles. The van der Waals surface area contributed by atoms with Gasteiger partial charge in [-0.3, -0.25) is 18.5 Å². The zero-order valence-electron chi connectivity index (χ0n) is 34.5. The van der Waals surface area contributed by atoms with Crippen molar-refractivity contribution < 1.29 is 61.3 Å². The molecule has 2 heterocycles. The Hall–Kier alpha value is -3.80. The van der Waals surface area contributed by atoms with Crippen molar-refractivity contribution in [1.29, 1.82) is 0 Å². The van der Waals surface area contributed by atoms with Gasteiger partial charge in [0.05, 0.1) is 26.7 Å². The Morgan fingerprint density at radius 3 is 2.10 bits per heavy atom. The Morgan fingerprint density at radius 1 is 0.803 bits per heavy atom. The summed E-state index contributed by atoms with van der Waals surface area (Å²) in [6, 6.07) is 8.32.